The molecule has 1 amide bonds. The van der Waals surface area contributed by atoms with Gasteiger partial charge in [-0.15, -0.1) is 0 Å². The van der Waals surface area contributed by atoms with Crippen LogP contribution < -0.4 is 10.1 Å². The molecule has 2 aliphatic rings. The molecule has 1 fully saturated rings. The van der Waals surface area contributed by atoms with Gasteiger partial charge in [-0.3, -0.25) is 14.4 Å². The molecule has 1 unspecified atom stereocenters. The van der Waals surface area contributed by atoms with Gasteiger partial charge in [0.05, 0.1) is 24.3 Å². The first-order chi connectivity index (χ1) is 16.4. The van der Waals surface area contributed by atoms with E-state index >= 15 is 0 Å². The smallest absolute Gasteiger partial charge is 0.255 e. The number of hydrogen-bond donors (Lipinski definition) is 1. The minimum Gasteiger partial charge on any atom is -0.493 e. The van der Waals surface area contributed by atoms with Gasteiger partial charge in [0.15, 0.2) is 0 Å². The average molecular weight is 467 g/mol. The summed E-state index contributed by atoms with van der Waals surface area (Å²) in [6.45, 7) is 3.17. The van der Waals surface area contributed by atoms with Crippen molar-refractivity contribution in [2.45, 2.75) is 38.4 Å². The van der Waals surface area contributed by atoms with Crippen LogP contribution in [0.2, 0.25) is 0 Å². The second-order valence-corrected chi connectivity index (χ2v) is 9.27. The van der Waals surface area contributed by atoms with Gasteiger partial charge in [-0.05, 0) is 40.8 Å². The molecule has 1 N–H and O–H groups in total. The van der Waals surface area contributed by atoms with E-state index in [1.807, 2.05) is 24.3 Å². The Morgan fingerprint density at radius 3 is 2.65 bits per heavy atom. The molecule has 178 valence electrons. The number of nitrogens with zero attached hydrogens (tertiary/aromatic N) is 3. The first-order valence-electron chi connectivity index (χ1n) is 11.6. The van der Waals surface area contributed by atoms with E-state index in [-0.39, 0.29) is 18.9 Å². The quantitative estimate of drug-likeness (QED) is 0.546. The lowest BCUT2D eigenvalue weighted by molar-refractivity contribution is 0.0855. The molecule has 1 aliphatic heterocycles. The van der Waals surface area contributed by atoms with Crippen molar-refractivity contribution in [2.24, 2.45) is 13.0 Å². The maximum Gasteiger partial charge on any atom is 0.255 e. The molecule has 34 heavy (non-hydrogen) atoms. The summed E-state index contributed by atoms with van der Waals surface area (Å²) in [5, 5.41) is 6.94. The van der Waals surface area contributed by atoms with Crippen molar-refractivity contribution in [3.05, 3.63) is 82.7 Å². The van der Waals surface area contributed by atoms with Crippen LogP contribution in [0.5, 0.6) is 5.75 Å². The number of hydrogen-bond acceptors (Lipinski definition) is 4. The normalized spacial score (nSPS) is 18.9. The number of rotatable bonds is 8. The maximum absolute atomic E-state index is 13.0. The Morgan fingerprint density at radius 1 is 1.18 bits per heavy atom. The van der Waals surface area contributed by atoms with E-state index in [2.05, 4.69) is 33.5 Å². The fraction of sp³-hybridized carbons (Fsp3) is 0.385. The zero-order valence-corrected chi connectivity index (χ0v) is 19.1. The Kier molecular flexibility index (Phi) is 6.08. The number of aromatic nitrogens is 2. The number of ether oxygens (including phenoxy) is 1. The lowest BCUT2D eigenvalue weighted by Gasteiger charge is -2.29. The molecular weight excluding hydrogens is 438 g/mol. The summed E-state index contributed by atoms with van der Waals surface area (Å²) in [6.07, 6.45) is 4.09. The van der Waals surface area contributed by atoms with Crippen molar-refractivity contribution < 1.29 is 18.3 Å². The highest BCUT2D eigenvalue weighted by Gasteiger charge is 2.57. The number of carbonyl (C=O) groups is 1. The van der Waals surface area contributed by atoms with E-state index < -0.39 is 11.8 Å². The second kappa shape index (κ2) is 9.18. The molecule has 0 radical (unpaired) electrons. The Morgan fingerprint density at radius 2 is 1.94 bits per heavy atom. The van der Waals surface area contributed by atoms with Crippen LogP contribution >= 0.6 is 0 Å². The number of nitrogens with one attached hydrogen (secondary N) is 1. The molecule has 1 aromatic heterocycles. The van der Waals surface area contributed by atoms with Crippen LogP contribution in [0, 0.1) is 5.92 Å². The van der Waals surface area contributed by atoms with Crippen LogP contribution in [-0.4, -0.2) is 39.7 Å². The number of amides is 1. The molecule has 8 heteroatoms. The maximum atomic E-state index is 13.0. The van der Waals surface area contributed by atoms with Crippen LogP contribution in [-0.2, 0) is 33.1 Å². The summed E-state index contributed by atoms with van der Waals surface area (Å²) < 4.78 is 33.3. The zero-order valence-electron chi connectivity index (χ0n) is 19.1. The summed E-state index contributed by atoms with van der Waals surface area (Å²) in [6, 6.07) is 14.2. The summed E-state index contributed by atoms with van der Waals surface area (Å²) in [4.78, 5) is 14.6. The summed E-state index contributed by atoms with van der Waals surface area (Å²) in [5.74, 6) is -2.63. The Labute approximate surface area is 197 Å². The summed E-state index contributed by atoms with van der Waals surface area (Å²) >= 11 is 0. The van der Waals surface area contributed by atoms with Crippen LogP contribution in [0.1, 0.15) is 39.0 Å². The topological polar surface area (TPSA) is 59.4 Å². The van der Waals surface area contributed by atoms with E-state index in [9.17, 15) is 13.6 Å². The average Bonchev–Trinajstić information content (AvgIpc) is 3.21. The van der Waals surface area contributed by atoms with Gasteiger partial charge in [-0.2, -0.15) is 5.10 Å². The third-order valence-electron chi connectivity index (χ3n) is 6.53. The molecule has 2 heterocycles. The minimum absolute atomic E-state index is 0.0616. The molecule has 3 aromatic rings. The SMILES string of the molecule is Cn1cc(C(=O)NCc2ccc(CN3CCc4cc(OCC5CC5(F)F)ccc4C3)cc2)cn1. The highest BCUT2D eigenvalue weighted by molar-refractivity contribution is 5.93. The number of alkyl halides is 2. The fourth-order valence-corrected chi connectivity index (χ4v) is 4.30. The largest absolute Gasteiger partial charge is 0.493 e. The highest BCUT2D eigenvalue weighted by atomic mass is 19.3. The predicted molar refractivity (Wildman–Crippen MR) is 124 cm³/mol. The Bertz CT molecular complexity index is 1180. The first-order valence-corrected chi connectivity index (χ1v) is 11.6. The van der Waals surface area contributed by atoms with Gasteiger partial charge in [0.1, 0.15) is 5.75 Å². The van der Waals surface area contributed by atoms with Gasteiger partial charge in [0.2, 0.25) is 0 Å². The molecule has 0 saturated heterocycles. The molecule has 6 nitrogen and oxygen atoms in total. The van der Waals surface area contributed by atoms with Gasteiger partial charge >= 0.3 is 0 Å². The number of benzene rings is 2. The second-order valence-electron chi connectivity index (χ2n) is 9.27. The number of halogens is 2. The van der Waals surface area contributed by atoms with E-state index in [0.29, 0.717) is 17.9 Å². The van der Waals surface area contributed by atoms with Gasteiger partial charge in [-0.1, -0.05) is 30.3 Å². The molecule has 0 spiro atoms. The van der Waals surface area contributed by atoms with Crippen molar-refractivity contribution in [3.8, 4) is 5.75 Å². The zero-order chi connectivity index (χ0) is 23.7. The number of aryl methyl sites for hydroxylation is 1. The van der Waals surface area contributed by atoms with Gasteiger partial charge in [0, 0.05) is 45.8 Å². The molecule has 1 atom stereocenters. The van der Waals surface area contributed by atoms with Gasteiger partial charge in [0.25, 0.3) is 11.8 Å². The van der Waals surface area contributed by atoms with Gasteiger partial charge in [-0.25, -0.2) is 8.78 Å². The van der Waals surface area contributed by atoms with E-state index in [4.69, 9.17) is 4.74 Å². The number of carbonyl (C=O) groups excluding carboxylic acids is 1. The van der Waals surface area contributed by atoms with Gasteiger partial charge < -0.3 is 10.1 Å². The van der Waals surface area contributed by atoms with Crippen LogP contribution in [0.25, 0.3) is 0 Å². The fourth-order valence-electron chi connectivity index (χ4n) is 4.30. The lowest BCUT2D eigenvalue weighted by Crippen LogP contribution is -2.30. The van der Waals surface area contributed by atoms with Crippen molar-refractivity contribution >= 4 is 5.91 Å². The van der Waals surface area contributed by atoms with Crippen molar-refractivity contribution in [2.75, 3.05) is 13.2 Å². The molecule has 5 rings (SSSR count). The van der Waals surface area contributed by atoms with Crippen LogP contribution in [0.3, 0.4) is 0 Å². The first kappa shape index (κ1) is 22.5. The molecule has 1 saturated carbocycles. The monoisotopic (exact) mass is 466 g/mol. The lowest BCUT2D eigenvalue weighted by atomic mass is 9.99. The van der Waals surface area contributed by atoms with E-state index in [1.54, 1.807) is 24.1 Å². The predicted octanol–water partition coefficient (Wildman–Crippen LogP) is 3.94. The summed E-state index contributed by atoms with van der Waals surface area (Å²) in [5.41, 5.74) is 5.30. The van der Waals surface area contributed by atoms with Crippen molar-refractivity contribution in [3.63, 3.8) is 0 Å². The van der Waals surface area contributed by atoms with Crippen LogP contribution in [0.4, 0.5) is 8.78 Å². The Hall–Kier alpha value is -3.26. The van der Waals surface area contributed by atoms with Crippen molar-refractivity contribution in [1.29, 1.82) is 0 Å². The standard InChI is InChI=1S/C26H28F2N4O2/c1-31-15-22(13-30-31)25(33)29-12-18-2-4-19(5-3-18)14-32-9-8-20-10-24(7-6-21(20)16-32)34-17-23-11-26(23,27)28/h2-7,10,13,15,23H,8-9,11-12,14,16-17H2,1H3,(H,29,33). The molecule has 2 aromatic carbocycles. The van der Waals surface area contributed by atoms with Crippen LogP contribution in [0.15, 0.2) is 54.9 Å². The minimum atomic E-state index is -2.54. The number of fused-ring (bicyclic) bond motifs is 1. The third kappa shape index (κ3) is 5.28. The molecule has 1 aliphatic carbocycles. The summed E-state index contributed by atoms with van der Waals surface area (Å²) in [7, 11) is 1.78. The highest BCUT2D eigenvalue weighted by Crippen LogP contribution is 2.48. The van der Waals surface area contributed by atoms with E-state index in [0.717, 1.165) is 31.6 Å². The third-order valence-corrected chi connectivity index (χ3v) is 6.53. The Balaban J connectivity index is 1.10. The molecular formula is C26H28F2N4O2. The molecule has 0 bridgehead atoms. The van der Waals surface area contributed by atoms with E-state index in [1.165, 1.54) is 16.7 Å². The van der Waals surface area contributed by atoms with Crippen molar-refractivity contribution in [1.82, 2.24) is 20.0 Å².